The van der Waals surface area contributed by atoms with Gasteiger partial charge in [-0.25, -0.2) is 9.37 Å². The summed E-state index contributed by atoms with van der Waals surface area (Å²) in [7, 11) is 0. The summed E-state index contributed by atoms with van der Waals surface area (Å²) in [5.41, 5.74) is 7.51. The van der Waals surface area contributed by atoms with Crippen molar-refractivity contribution in [1.29, 1.82) is 0 Å². The lowest BCUT2D eigenvalue weighted by molar-refractivity contribution is 0.624. The van der Waals surface area contributed by atoms with Gasteiger partial charge in [-0.3, -0.25) is 0 Å². The van der Waals surface area contributed by atoms with Gasteiger partial charge in [-0.05, 0) is 51.3 Å². The topological polar surface area (TPSA) is 38.9 Å². The molecule has 0 aliphatic rings. The summed E-state index contributed by atoms with van der Waals surface area (Å²) >= 11 is 4.95. The molecule has 0 saturated carbocycles. The highest BCUT2D eigenvalue weighted by Gasteiger charge is 2.04. The van der Waals surface area contributed by atoms with Crippen molar-refractivity contribution < 1.29 is 4.39 Å². The molecule has 2 rings (SSSR count). The van der Waals surface area contributed by atoms with Crippen molar-refractivity contribution in [2.75, 3.05) is 0 Å². The summed E-state index contributed by atoms with van der Waals surface area (Å²) in [6.45, 7) is 0.349. The molecule has 0 saturated heterocycles. The number of hydrogen-bond donors (Lipinski definition) is 1. The molecule has 2 aromatic rings. The first kappa shape index (κ1) is 13.5. The molecule has 18 heavy (non-hydrogen) atoms. The van der Waals surface area contributed by atoms with Gasteiger partial charge in [0, 0.05) is 23.0 Å². The standard InChI is InChI=1S/C13H12BrFN2S/c14-11-2-4-13(17-7-11)18-8-9-1-3-12(15)5-10(9)6-16/h1-5,7H,6,8,16H2. The Kier molecular flexibility index (Phi) is 4.74. The van der Waals surface area contributed by atoms with Crippen LogP contribution in [0.4, 0.5) is 4.39 Å². The maximum atomic E-state index is 13.1. The SMILES string of the molecule is NCc1cc(F)ccc1CSc1ccc(Br)cn1. The van der Waals surface area contributed by atoms with Crippen LogP contribution < -0.4 is 5.73 Å². The van der Waals surface area contributed by atoms with E-state index in [1.54, 1.807) is 24.0 Å². The van der Waals surface area contributed by atoms with Gasteiger partial charge in [-0.2, -0.15) is 0 Å². The van der Waals surface area contributed by atoms with E-state index in [1.165, 1.54) is 12.1 Å². The Balaban J connectivity index is 2.08. The van der Waals surface area contributed by atoms with Crippen LogP contribution in [0.25, 0.3) is 0 Å². The van der Waals surface area contributed by atoms with Gasteiger partial charge in [-0.1, -0.05) is 6.07 Å². The zero-order chi connectivity index (χ0) is 13.0. The predicted molar refractivity (Wildman–Crippen MR) is 75.8 cm³/mol. The van der Waals surface area contributed by atoms with Crippen molar-refractivity contribution in [2.24, 2.45) is 5.73 Å². The molecule has 0 amide bonds. The number of aromatic nitrogens is 1. The van der Waals surface area contributed by atoms with Crippen LogP contribution >= 0.6 is 27.7 Å². The molecule has 0 bridgehead atoms. The van der Waals surface area contributed by atoms with Crippen molar-refractivity contribution in [3.05, 3.63) is 57.9 Å². The summed E-state index contributed by atoms with van der Waals surface area (Å²) in [5.74, 6) is 0.493. The number of pyridine rings is 1. The van der Waals surface area contributed by atoms with Gasteiger partial charge in [0.05, 0.1) is 5.03 Å². The van der Waals surface area contributed by atoms with Crippen LogP contribution in [0, 0.1) is 5.82 Å². The third-order valence-corrected chi connectivity index (χ3v) is 3.93. The fourth-order valence-electron chi connectivity index (χ4n) is 1.52. The van der Waals surface area contributed by atoms with E-state index in [-0.39, 0.29) is 5.82 Å². The molecule has 0 atom stereocenters. The van der Waals surface area contributed by atoms with Gasteiger partial charge in [0.15, 0.2) is 0 Å². The molecule has 0 radical (unpaired) electrons. The molecule has 1 aromatic carbocycles. The van der Waals surface area contributed by atoms with Gasteiger partial charge in [0.1, 0.15) is 5.82 Å². The first-order valence-electron chi connectivity index (χ1n) is 5.41. The average molecular weight is 327 g/mol. The van der Waals surface area contributed by atoms with Gasteiger partial charge in [-0.15, -0.1) is 11.8 Å². The number of rotatable bonds is 4. The fourth-order valence-corrected chi connectivity index (χ4v) is 2.64. The fraction of sp³-hybridized carbons (Fsp3) is 0.154. The molecule has 2 N–H and O–H groups in total. The van der Waals surface area contributed by atoms with Crippen molar-refractivity contribution in [3.8, 4) is 0 Å². The minimum atomic E-state index is -0.244. The lowest BCUT2D eigenvalue weighted by Gasteiger charge is -2.07. The van der Waals surface area contributed by atoms with Crippen molar-refractivity contribution in [3.63, 3.8) is 0 Å². The largest absolute Gasteiger partial charge is 0.326 e. The van der Waals surface area contributed by atoms with Gasteiger partial charge in [0.2, 0.25) is 0 Å². The van der Waals surface area contributed by atoms with E-state index < -0.39 is 0 Å². The van der Waals surface area contributed by atoms with E-state index in [9.17, 15) is 4.39 Å². The first-order valence-corrected chi connectivity index (χ1v) is 7.18. The van der Waals surface area contributed by atoms with Gasteiger partial charge in [0.25, 0.3) is 0 Å². The van der Waals surface area contributed by atoms with Gasteiger partial charge >= 0.3 is 0 Å². The second-order valence-corrected chi connectivity index (χ2v) is 5.63. The Morgan fingerprint density at radius 2 is 2.06 bits per heavy atom. The van der Waals surface area contributed by atoms with Crippen LogP contribution in [0.3, 0.4) is 0 Å². The zero-order valence-corrected chi connectivity index (χ0v) is 12.0. The summed E-state index contributed by atoms with van der Waals surface area (Å²) in [6, 6.07) is 8.63. The third kappa shape index (κ3) is 3.54. The van der Waals surface area contributed by atoms with Crippen molar-refractivity contribution in [2.45, 2.75) is 17.3 Å². The van der Waals surface area contributed by atoms with E-state index in [0.717, 1.165) is 26.4 Å². The summed E-state index contributed by atoms with van der Waals surface area (Å²) < 4.78 is 14.0. The van der Waals surface area contributed by atoms with Gasteiger partial charge < -0.3 is 5.73 Å². The first-order chi connectivity index (χ1) is 8.69. The Bertz CT molecular complexity index is 531. The average Bonchev–Trinajstić information content (AvgIpc) is 2.39. The molecule has 94 valence electrons. The second-order valence-electron chi connectivity index (χ2n) is 3.72. The number of benzene rings is 1. The Morgan fingerprint density at radius 3 is 2.72 bits per heavy atom. The van der Waals surface area contributed by atoms with E-state index >= 15 is 0 Å². The maximum Gasteiger partial charge on any atom is 0.123 e. The van der Waals surface area contributed by atoms with Crippen LogP contribution in [0.2, 0.25) is 0 Å². The molecule has 0 unspecified atom stereocenters. The highest BCUT2D eigenvalue weighted by Crippen LogP contribution is 2.24. The van der Waals surface area contributed by atoms with E-state index in [1.807, 2.05) is 12.1 Å². The smallest absolute Gasteiger partial charge is 0.123 e. The number of nitrogens with two attached hydrogens (primary N) is 1. The Hall–Kier alpha value is -0.910. The second kappa shape index (κ2) is 6.31. The molecule has 0 spiro atoms. The normalized spacial score (nSPS) is 10.6. The molecule has 0 aliphatic heterocycles. The molecular weight excluding hydrogens is 315 g/mol. The molecule has 1 heterocycles. The highest BCUT2D eigenvalue weighted by atomic mass is 79.9. The quantitative estimate of drug-likeness (QED) is 0.870. The minimum Gasteiger partial charge on any atom is -0.326 e. The summed E-state index contributed by atoms with van der Waals surface area (Å²) in [6.07, 6.45) is 1.76. The molecule has 0 aliphatic carbocycles. The van der Waals surface area contributed by atoms with E-state index in [4.69, 9.17) is 5.73 Å². The van der Waals surface area contributed by atoms with Crippen LogP contribution in [0.1, 0.15) is 11.1 Å². The lowest BCUT2D eigenvalue weighted by atomic mass is 10.1. The number of hydrogen-bond acceptors (Lipinski definition) is 3. The maximum absolute atomic E-state index is 13.1. The molecule has 5 heteroatoms. The van der Waals surface area contributed by atoms with E-state index in [2.05, 4.69) is 20.9 Å². The number of thioether (sulfide) groups is 1. The molecule has 0 fully saturated rings. The van der Waals surface area contributed by atoms with Crippen LogP contribution in [-0.4, -0.2) is 4.98 Å². The summed E-state index contributed by atoms with van der Waals surface area (Å²) in [5, 5.41) is 0.936. The van der Waals surface area contributed by atoms with Crippen LogP contribution in [0.5, 0.6) is 0 Å². The Labute approximate surface area is 118 Å². The highest BCUT2D eigenvalue weighted by molar-refractivity contribution is 9.10. The van der Waals surface area contributed by atoms with Crippen LogP contribution in [-0.2, 0) is 12.3 Å². The molecular formula is C13H12BrFN2S. The predicted octanol–water partition coefficient (Wildman–Crippen LogP) is 3.73. The van der Waals surface area contributed by atoms with Crippen LogP contribution in [0.15, 0.2) is 46.0 Å². The van der Waals surface area contributed by atoms with Crippen molar-refractivity contribution >= 4 is 27.7 Å². The van der Waals surface area contributed by atoms with Crippen molar-refractivity contribution in [1.82, 2.24) is 4.98 Å². The minimum absolute atomic E-state index is 0.244. The third-order valence-electron chi connectivity index (χ3n) is 2.46. The number of nitrogens with zero attached hydrogens (tertiary/aromatic N) is 1. The molecule has 2 nitrogen and oxygen atoms in total. The zero-order valence-electron chi connectivity index (χ0n) is 9.57. The molecule has 1 aromatic heterocycles. The summed E-state index contributed by atoms with van der Waals surface area (Å²) in [4.78, 5) is 4.28. The van der Waals surface area contributed by atoms with E-state index in [0.29, 0.717) is 6.54 Å². The lowest BCUT2D eigenvalue weighted by Crippen LogP contribution is -2.01. The Morgan fingerprint density at radius 1 is 1.22 bits per heavy atom. The monoisotopic (exact) mass is 326 g/mol. The number of halogens is 2.